The number of hydrogen-bond acceptors (Lipinski definition) is 5. The maximum absolute atomic E-state index is 14.2. The maximum atomic E-state index is 14.2. The van der Waals surface area contributed by atoms with Gasteiger partial charge in [-0.25, -0.2) is 8.42 Å². The maximum Gasteiger partial charge on any atom is 0.459 e. The zero-order chi connectivity index (χ0) is 25.6. The quantitative estimate of drug-likeness (QED) is 0.363. The first-order valence-electron chi connectivity index (χ1n) is 10.1. The van der Waals surface area contributed by atoms with Gasteiger partial charge in [0, 0.05) is 18.2 Å². The van der Waals surface area contributed by atoms with Gasteiger partial charge in [0.25, 0.3) is 0 Å². The van der Waals surface area contributed by atoms with Gasteiger partial charge in [-0.2, -0.15) is 27.1 Å². The average Bonchev–Trinajstić information content (AvgIpc) is 3.24. The second-order valence-electron chi connectivity index (χ2n) is 7.88. The summed E-state index contributed by atoms with van der Waals surface area (Å²) in [5.74, 6) is -5.15. The van der Waals surface area contributed by atoms with Crippen LogP contribution >= 0.6 is 11.6 Å². The lowest BCUT2D eigenvalue weighted by atomic mass is 10.0. The van der Waals surface area contributed by atoms with E-state index >= 15 is 0 Å². The molecule has 0 aliphatic carbocycles. The van der Waals surface area contributed by atoms with E-state index in [1.165, 1.54) is 36.4 Å². The minimum atomic E-state index is -5.83. The minimum absolute atomic E-state index is 0.0520. The van der Waals surface area contributed by atoms with Crippen molar-refractivity contribution in [3.63, 3.8) is 0 Å². The molecule has 0 radical (unpaired) electrons. The molecule has 0 saturated carbocycles. The SMILES string of the molecule is CS(=O)(=O)c1cccc(-c2cccc(C3CC(C(F)(F)C(F)(F)F)=NN3c3ccccc3Cl)n2)c1. The molecule has 1 unspecified atom stereocenters. The first-order valence-corrected chi connectivity index (χ1v) is 12.4. The van der Waals surface area contributed by atoms with Crippen LogP contribution in [0.1, 0.15) is 18.2 Å². The van der Waals surface area contributed by atoms with Crippen LogP contribution in [-0.2, 0) is 9.84 Å². The molecule has 5 nitrogen and oxygen atoms in total. The molecule has 2 heterocycles. The number of sulfone groups is 1. The molecule has 12 heteroatoms. The van der Waals surface area contributed by atoms with Crippen molar-refractivity contribution < 1.29 is 30.4 Å². The molecule has 4 rings (SSSR count). The Hall–Kier alpha value is -3.05. The monoisotopic (exact) mass is 529 g/mol. The van der Waals surface area contributed by atoms with Crippen LogP contribution in [0.3, 0.4) is 0 Å². The van der Waals surface area contributed by atoms with Gasteiger partial charge < -0.3 is 0 Å². The Labute approximate surface area is 202 Å². The normalized spacial score (nSPS) is 16.9. The number of para-hydroxylation sites is 1. The summed E-state index contributed by atoms with van der Waals surface area (Å²) in [6.07, 6.45) is -5.53. The van der Waals surface area contributed by atoms with E-state index in [1.54, 1.807) is 30.3 Å². The lowest BCUT2D eigenvalue weighted by Gasteiger charge is -2.24. The standard InChI is InChI=1S/C23H17ClF5N3O2S/c1-35(33,34)15-7-4-6-14(12-15)17-9-5-10-18(30-17)20-13-21(22(25,26)23(27,28)29)31-32(20)19-11-3-2-8-16(19)24/h2-12,20H,13H2,1H3. The van der Waals surface area contributed by atoms with Crippen molar-refractivity contribution in [3.05, 3.63) is 77.4 Å². The van der Waals surface area contributed by atoms with E-state index in [1.807, 2.05) is 0 Å². The van der Waals surface area contributed by atoms with E-state index in [4.69, 9.17) is 11.6 Å². The zero-order valence-electron chi connectivity index (χ0n) is 18.0. The summed E-state index contributed by atoms with van der Waals surface area (Å²) in [6, 6.07) is 15.5. The fraction of sp³-hybridized carbons (Fsp3) is 0.217. The predicted octanol–water partition coefficient (Wildman–Crippen LogP) is 6.31. The highest BCUT2D eigenvalue weighted by molar-refractivity contribution is 7.90. The first-order chi connectivity index (χ1) is 16.3. The van der Waals surface area contributed by atoms with Crippen LogP contribution in [0.15, 0.2) is 76.7 Å². The van der Waals surface area contributed by atoms with Crippen LogP contribution in [0.25, 0.3) is 11.3 Å². The molecule has 0 amide bonds. The number of hydrogen-bond donors (Lipinski definition) is 0. The fourth-order valence-electron chi connectivity index (χ4n) is 3.64. The summed E-state index contributed by atoms with van der Waals surface area (Å²) >= 11 is 6.20. The van der Waals surface area contributed by atoms with E-state index in [0.29, 0.717) is 11.3 Å². The Morgan fingerprint density at radius 1 is 0.971 bits per heavy atom. The number of nitrogens with zero attached hydrogens (tertiary/aromatic N) is 3. The van der Waals surface area contributed by atoms with E-state index in [-0.39, 0.29) is 21.3 Å². The van der Waals surface area contributed by atoms with Crippen LogP contribution in [0.5, 0.6) is 0 Å². The molecule has 1 aliphatic heterocycles. The van der Waals surface area contributed by atoms with Gasteiger partial charge in [0.2, 0.25) is 0 Å². The Morgan fingerprint density at radius 3 is 2.31 bits per heavy atom. The lowest BCUT2D eigenvalue weighted by Crippen LogP contribution is -2.43. The number of halogens is 6. The largest absolute Gasteiger partial charge is 0.459 e. The number of anilines is 1. The molecular formula is C23H17ClF5N3O2S. The number of benzene rings is 2. The van der Waals surface area contributed by atoms with E-state index in [0.717, 1.165) is 11.3 Å². The van der Waals surface area contributed by atoms with Gasteiger partial charge in [-0.05, 0) is 36.4 Å². The number of hydrazone groups is 1. The van der Waals surface area contributed by atoms with Gasteiger partial charge in [-0.3, -0.25) is 9.99 Å². The van der Waals surface area contributed by atoms with Crippen LogP contribution in [0.4, 0.5) is 27.6 Å². The average molecular weight is 530 g/mol. The van der Waals surface area contributed by atoms with Gasteiger partial charge >= 0.3 is 12.1 Å². The van der Waals surface area contributed by atoms with Crippen molar-refractivity contribution >= 4 is 32.8 Å². The molecule has 0 bridgehead atoms. The van der Waals surface area contributed by atoms with Crippen molar-refractivity contribution in [1.82, 2.24) is 4.98 Å². The van der Waals surface area contributed by atoms with Gasteiger partial charge in [-0.1, -0.05) is 41.9 Å². The Kier molecular flexibility index (Phi) is 6.35. The molecule has 184 valence electrons. The van der Waals surface area contributed by atoms with Crippen LogP contribution < -0.4 is 5.01 Å². The number of aromatic nitrogens is 1. The predicted molar refractivity (Wildman–Crippen MR) is 123 cm³/mol. The summed E-state index contributed by atoms with van der Waals surface area (Å²) in [5, 5.41) is 4.76. The molecule has 3 aromatic rings. The smallest absolute Gasteiger partial charge is 0.254 e. The van der Waals surface area contributed by atoms with Crippen LogP contribution in [-0.4, -0.2) is 37.5 Å². The van der Waals surface area contributed by atoms with Crippen molar-refractivity contribution in [2.45, 2.75) is 29.5 Å². The summed E-state index contributed by atoms with van der Waals surface area (Å²) < 4.78 is 91.6. The highest BCUT2D eigenvalue weighted by atomic mass is 35.5. The second-order valence-corrected chi connectivity index (χ2v) is 10.3. The molecule has 0 saturated heterocycles. The van der Waals surface area contributed by atoms with Crippen molar-refractivity contribution in [2.24, 2.45) is 5.10 Å². The third-order valence-corrected chi connectivity index (χ3v) is 6.83. The van der Waals surface area contributed by atoms with Gasteiger partial charge in [0.15, 0.2) is 9.84 Å². The first kappa shape index (κ1) is 25.1. The summed E-state index contributed by atoms with van der Waals surface area (Å²) in [6.45, 7) is 0. The Balaban J connectivity index is 1.79. The topological polar surface area (TPSA) is 62.6 Å². The summed E-state index contributed by atoms with van der Waals surface area (Å²) in [5.41, 5.74) is -0.328. The third kappa shape index (κ3) is 4.87. The molecule has 1 aliphatic rings. The molecule has 35 heavy (non-hydrogen) atoms. The number of alkyl halides is 5. The van der Waals surface area contributed by atoms with Gasteiger partial charge in [0.1, 0.15) is 11.8 Å². The van der Waals surface area contributed by atoms with Crippen LogP contribution in [0.2, 0.25) is 5.02 Å². The van der Waals surface area contributed by atoms with Crippen molar-refractivity contribution in [2.75, 3.05) is 11.3 Å². The van der Waals surface area contributed by atoms with E-state index in [9.17, 15) is 30.4 Å². The fourth-order valence-corrected chi connectivity index (χ4v) is 4.53. The Morgan fingerprint density at radius 2 is 1.66 bits per heavy atom. The highest BCUT2D eigenvalue weighted by Crippen LogP contribution is 2.45. The van der Waals surface area contributed by atoms with Gasteiger partial charge in [-0.15, -0.1) is 0 Å². The molecule has 2 aromatic carbocycles. The molecule has 0 N–H and O–H groups in total. The molecule has 0 fully saturated rings. The number of pyridine rings is 1. The highest BCUT2D eigenvalue weighted by Gasteiger charge is 2.63. The lowest BCUT2D eigenvalue weighted by molar-refractivity contribution is -0.249. The van der Waals surface area contributed by atoms with E-state index in [2.05, 4.69) is 10.1 Å². The second kappa shape index (κ2) is 8.87. The molecule has 1 atom stereocenters. The molecule has 0 spiro atoms. The summed E-state index contributed by atoms with van der Waals surface area (Å²) in [7, 11) is -3.51. The minimum Gasteiger partial charge on any atom is -0.254 e. The van der Waals surface area contributed by atoms with E-state index < -0.39 is 40.1 Å². The van der Waals surface area contributed by atoms with Crippen LogP contribution in [0, 0.1) is 0 Å². The van der Waals surface area contributed by atoms with Gasteiger partial charge in [0.05, 0.1) is 27.0 Å². The molecule has 1 aromatic heterocycles. The summed E-state index contributed by atoms with van der Waals surface area (Å²) in [4.78, 5) is 4.51. The van der Waals surface area contributed by atoms with Crippen molar-refractivity contribution in [1.29, 1.82) is 0 Å². The number of rotatable bonds is 5. The molecular weight excluding hydrogens is 513 g/mol. The Bertz CT molecular complexity index is 1410. The third-order valence-electron chi connectivity index (χ3n) is 5.40. The van der Waals surface area contributed by atoms with Crippen molar-refractivity contribution in [3.8, 4) is 11.3 Å². The zero-order valence-corrected chi connectivity index (χ0v) is 19.5.